The largest absolute Gasteiger partial charge is 0.241 e. The lowest BCUT2D eigenvalue weighted by Gasteiger charge is -2.25. The van der Waals surface area contributed by atoms with Gasteiger partial charge in [-0.05, 0) is 35.7 Å². The van der Waals surface area contributed by atoms with Gasteiger partial charge in [-0.25, -0.2) is 13.1 Å². The first-order valence-corrected chi connectivity index (χ1v) is 10.2. The first-order valence-electron chi connectivity index (χ1n) is 8.74. The summed E-state index contributed by atoms with van der Waals surface area (Å²) in [6, 6.07) is 23.3. The van der Waals surface area contributed by atoms with Crippen LogP contribution in [-0.2, 0) is 10.0 Å². The van der Waals surface area contributed by atoms with Gasteiger partial charge < -0.3 is 0 Å². The fourth-order valence-corrected chi connectivity index (χ4v) is 4.19. The smallest absolute Gasteiger partial charge is 0.207 e. The van der Waals surface area contributed by atoms with Crippen LogP contribution in [0, 0.1) is 6.92 Å². The fraction of sp³-hybridized carbons (Fsp3) is 0.143. The lowest BCUT2D eigenvalue weighted by atomic mass is 9.95. The standard InChI is InChI=1S/C21H20N4O2S/c1-16-12-14-19(15-13-16)28(26,27)24-21(18-10-6-3-7-11-18)20(23-25-22)17-8-4-2-5-9-17/h2-15,20-21,24H,1H3/t20-,21+/m1/s1. The molecular weight excluding hydrogens is 372 g/mol. The highest BCUT2D eigenvalue weighted by Gasteiger charge is 2.29. The Morgan fingerprint density at radius 3 is 1.93 bits per heavy atom. The zero-order valence-electron chi connectivity index (χ0n) is 15.3. The number of benzene rings is 3. The van der Waals surface area contributed by atoms with Gasteiger partial charge in [0.25, 0.3) is 0 Å². The highest BCUT2D eigenvalue weighted by Crippen LogP contribution is 2.33. The Balaban J connectivity index is 2.07. The Morgan fingerprint density at radius 2 is 1.39 bits per heavy atom. The van der Waals surface area contributed by atoms with Crippen LogP contribution >= 0.6 is 0 Å². The van der Waals surface area contributed by atoms with Crippen molar-refractivity contribution in [2.45, 2.75) is 23.9 Å². The quantitative estimate of drug-likeness (QED) is 0.345. The highest BCUT2D eigenvalue weighted by atomic mass is 32.2. The van der Waals surface area contributed by atoms with Gasteiger partial charge in [0.15, 0.2) is 0 Å². The molecule has 0 bridgehead atoms. The van der Waals surface area contributed by atoms with Crippen LogP contribution in [-0.4, -0.2) is 8.42 Å². The first-order chi connectivity index (χ1) is 13.5. The molecule has 0 unspecified atom stereocenters. The van der Waals surface area contributed by atoms with Crippen molar-refractivity contribution in [2.24, 2.45) is 5.11 Å². The summed E-state index contributed by atoms with van der Waals surface area (Å²) in [6.45, 7) is 1.89. The second-order valence-corrected chi connectivity index (χ2v) is 8.10. The van der Waals surface area contributed by atoms with Crippen LogP contribution in [0.1, 0.15) is 28.8 Å². The van der Waals surface area contributed by atoms with Crippen molar-refractivity contribution < 1.29 is 8.42 Å². The summed E-state index contributed by atoms with van der Waals surface area (Å²) in [5.41, 5.74) is 11.5. The Bertz CT molecular complexity index is 1060. The molecule has 142 valence electrons. The lowest BCUT2D eigenvalue weighted by Crippen LogP contribution is -2.32. The molecule has 6 nitrogen and oxygen atoms in total. The topological polar surface area (TPSA) is 94.9 Å². The van der Waals surface area contributed by atoms with E-state index in [-0.39, 0.29) is 4.90 Å². The maximum absolute atomic E-state index is 13.0. The average Bonchev–Trinajstić information content (AvgIpc) is 2.72. The van der Waals surface area contributed by atoms with E-state index in [4.69, 9.17) is 5.53 Å². The molecule has 0 amide bonds. The van der Waals surface area contributed by atoms with Crippen LogP contribution in [0.5, 0.6) is 0 Å². The number of aryl methyl sites for hydroxylation is 1. The van der Waals surface area contributed by atoms with Gasteiger partial charge >= 0.3 is 0 Å². The summed E-state index contributed by atoms with van der Waals surface area (Å²) in [6.07, 6.45) is 0. The minimum Gasteiger partial charge on any atom is -0.207 e. The maximum Gasteiger partial charge on any atom is 0.241 e. The van der Waals surface area contributed by atoms with E-state index in [1.807, 2.05) is 67.6 Å². The minimum atomic E-state index is -3.83. The molecule has 7 heteroatoms. The van der Waals surface area contributed by atoms with Crippen LogP contribution in [0.2, 0.25) is 0 Å². The molecule has 1 N–H and O–H groups in total. The monoisotopic (exact) mass is 392 g/mol. The Morgan fingerprint density at radius 1 is 0.857 bits per heavy atom. The molecule has 0 spiro atoms. The van der Waals surface area contributed by atoms with Gasteiger partial charge in [-0.3, -0.25) is 0 Å². The van der Waals surface area contributed by atoms with E-state index in [0.717, 1.165) is 11.1 Å². The van der Waals surface area contributed by atoms with E-state index in [0.29, 0.717) is 5.56 Å². The number of rotatable bonds is 7. The highest BCUT2D eigenvalue weighted by molar-refractivity contribution is 7.89. The molecule has 28 heavy (non-hydrogen) atoms. The van der Waals surface area contributed by atoms with Crippen LogP contribution in [0.3, 0.4) is 0 Å². The first kappa shape index (κ1) is 19.6. The van der Waals surface area contributed by atoms with Gasteiger partial charge in [-0.2, -0.15) is 0 Å². The molecule has 0 heterocycles. The van der Waals surface area contributed by atoms with Crippen molar-refractivity contribution >= 4 is 10.0 Å². The lowest BCUT2D eigenvalue weighted by molar-refractivity contribution is 0.503. The summed E-state index contributed by atoms with van der Waals surface area (Å²) < 4.78 is 28.8. The van der Waals surface area contributed by atoms with E-state index >= 15 is 0 Å². The van der Waals surface area contributed by atoms with E-state index in [9.17, 15) is 8.42 Å². The molecular formula is C21H20N4O2S. The van der Waals surface area contributed by atoms with Crippen LogP contribution in [0.15, 0.2) is 94.9 Å². The van der Waals surface area contributed by atoms with E-state index in [1.54, 1.807) is 24.3 Å². The van der Waals surface area contributed by atoms with Crippen LogP contribution in [0.25, 0.3) is 10.4 Å². The van der Waals surface area contributed by atoms with Crippen molar-refractivity contribution in [1.29, 1.82) is 0 Å². The predicted molar refractivity (Wildman–Crippen MR) is 109 cm³/mol. The number of nitrogens with one attached hydrogen (secondary N) is 1. The fourth-order valence-electron chi connectivity index (χ4n) is 2.96. The van der Waals surface area contributed by atoms with Gasteiger partial charge in [0, 0.05) is 4.91 Å². The summed E-state index contributed by atoms with van der Waals surface area (Å²) in [4.78, 5) is 3.12. The van der Waals surface area contributed by atoms with Crippen molar-refractivity contribution in [3.05, 3.63) is 112 Å². The maximum atomic E-state index is 13.0. The number of azide groups is 1. The van der Waals surface area contributed by atoms with Gasteiger partial charge in [-0.15, -0.1) is 0 Å². The Kier molecular flexibility index (Phi) is 6.11. The van der Waals surface area contributed by atoms with Gasteiger partial charge in [0.1, 0.15) is 0 Å². The second kappa shape index (κ2) is 8.71. The molecule has 3 aromatic carbocycles. The summed E-state index contributed by atoms with van der Waals surface area (Å²) >= 11 is 0. The normalized spacial score (nSPS) is 13.3. The van der Waals surface area contributed by atoms with Crippen LogP contribution < -0.4 is 4.72 Å². The summed E-state index contributed by atoms with van der Waals surface area (Å²) in [5.74, 6) is 0. The third kappa shape index (κ3) is 4.58. The number of sulfonamides is 1. The number of hydrogen-bond donors (Lipinski definition) is 1. The molecule has 0 fully saturated rings. The Hall–Kier alpha value is -3.12. The molecule has 0 saturated heterocycles. The minimum absolute atomic E-state index is 0.159. The number of nitrogens with zero attached hydrogens (tertiary/aromatic N) is 3. The van der Waals surface area contributed by atoms with Crippen molar-refractivity contribution in [2.75, 3.05) is 0 Å². The summed E-state index contributed by atoms with van der Waals surface area (Å²) in [7, 11) is -3.83. The van der Waals surface area contributed by atoms with Gasteiger partial charge in [-0.1, -0.05) is 83.5 Å². The van der Waals surface area contributed by atoms with Gasteiger partial charge in [0.05, 0.1) is 17.0 Å². The molecule has 0 aromatic heterocycles. The molecule has 3 aromatic rings. The zero-order valence-corrected chi connectivity index (χ0v) is 16.1. The average molecular weight is 392 g/mol. The van der Waals surface area contributed by atoms with E-state index in [2.05, 4.69) is 14.7 Å². The number of hydrogen-bond acceptors (Lipinski definition) is 3. The third-order valence-electron chi connectivity index (χ3n) is 4.40. The van der Waals surface area contributed by atoms with E-state index in [1.165, 1.54) is 0 Å². The van der Waals surface area contributed by atoms with Crippen LogP contribution in [0.4, 0.5) is 0 Å². The summed E-state index contributed by atoms with van der Waals surface area (Å²) in [5, 5.41) is 3.92. The molecule has 0 aliphatic rings. The van der Waals surface area contributed by atoms with Crippen molar-refractivity contribution in [3.63, 3.8) is 0 Å². The van der Waals surface area contributed by atoms with E-state index < -0.39 is 22.1 Å². The molecule has 0 aliphatic carbocycles. The molecule has 0 aliphatic heterocycles. The second-order valence-electron chi connectivity index (χ2n) is 6.38. The SMILES string of the molecule is Cc1ccc(S(=O)(=O)N[C@@H](c2ccccc2)[C@H](N=[N+]=[N-])c2ccccc2)cc1. The predicted octanol–water partition coefficient (Wildman–Crippen LogP) is 5.07. The van der Waals surface area contributed by atoms with Crippen molar-refractivity contribution in [3.8, 4) is 0 Å². The third-order valence-corrected chi connectivity index (χ3v) is 5.86. The molecule has 0 saturated carbocycles. The zero-order chi connectivity index (χ0) is 20.0. The Labute approximate surface area is 164 Å². The molecule has 2 atom stereocenters. The van der Waals surface area contributed by atoms with Gasteiger partial charge in [0.2, 0.25) is 10.0 Å². The molecule has 3 rings (SSSR count). The molecule has 0 radical (unpaired) electrons. The van der Waals surface area contributed by atoms with Crippen molar-refractivity contribution in [1.82, 2.24) is 4.72 Å².